The molecule has 0 amide bonds. The second kappa shape index (κ2) is 5.84. The first-order chi connectivity index (χ1) is 10.9. The van der Waals surface area contributed by atoms with Gasteiger partial charge >= 0.3 is 0 Å². The molecular formula is C21H21N. The van der Waals surface area contributed by atoms with Crippen LogP contribution in [0.4, 0.5) is 5.69 Å². The second-order valence-electron chi connectivity index (χ2n) is 6.26. The van der Waals surface area contributed by atoms with Crippen LogP contribution in [0.25, 0.3) is 10.8 Å². The lowest BCUT2D eigenvalue weighted by atomic mass is 9.92. The quantitative estimate of drug-likeness (QED) is 0.662. The SMILES string of the molecule is c1ccc(NC2CCCC2c2ccc3ccccc3c2)cc1. The lowest BCUT2D eigenvalue weighted by Gasteiger charge is -2.23. The average Bonchev–Trinajstić information content (AvgIpc) is 3.03. The molecule has 0 bridgehead atoms. The van der Waals surface area contributed by atoms with Gasteiger partial charge in [-0.15, -0.1) is 0 Å². The third-order valence-electron chi connectivity index (χ3n) is 4.84. The maximum atomic E-state index is 3.74. The van der Waals surface area contributed by atoms with Gasteiger partial charge in [0.05, 0.1) is 0 Å². The van der Waals surface area contributed by atoms with E-state index in [1.165, 1.54) is 41.3 Å². The molecule has 110 valence electrons. The van der Waals surface area contributed by atoms with Crippen LogP contribution in [0.3, 0.4) is 0 Å². The summed E-state index contributed by atoms with van der Waals surface area (Å²) in [4.78, 5) is 0. The van der Waals surface area contributed by atoms with E-state index in [2.05, 4.69) is 78.1 Å². The minimum Gasteiger partial charge on any atom is -0.382 e. The fraction of sp³-hybridized carbons (Fsp3) is 0.238. The largest absolute Gasteiger partial charge is 0.382 e. The number of hydrogen-bond donors (Lipinski definition) is 1. The van der Waals surface area contributed by atoms with E-state index in [0.717, 1.165) is 0 Å². The highest BCUT2D eigenvalue weighted by Crippen LogP contribution is 2.37. The summed E-state index contributed by atoms with van der Waals surface area (Å²) in [7, 11) is 0. The first-order valence-electron chi connectivity index (χ1n) is 8.20. The third kappa shape index (κ3) is 2.59. The Balaban J connectivity index is 1.61. The molecule has 4 rings (SSSR count). The summed E-state index contributed by atoms with van der Waals surface area (Å²) in [5, 5.41) is 6.42. The Morgan fingerprint density at radius 1 is 0.727 bits per heavy atom. The summed E-state index contributed by atoms with van der Waals surface area (Å²) in [6.45, 7) is 0. The first-order valence-corrected chi connectivity index (χ1v) is 8.20. The van der Waals surface area contributed by atoms with E-state index in [4.69, 9.17) is 0 Å². The fourth-order valence-electron chi connectivity index (χ4n) is 3.72. The van der Waals surface area contributed by atoms with Crippen LogP contribution < -0.4 is 5.32 Å². The number of anilines is 1. The molecule has 1 nitrogen and oxygen atoms in total. The van der Waals surface area contributed by atoms with E-state index in [1.807, 2.05) is 0 Å². The highest BCUT2D eigenvalue weighted by atomic mass is 14.9. The van der Waals surface area contributed by atoms with Crippen molar-refractivity contribution < 1.29 is 0 Å². The molecule has 1 heteroatoms. The summed E-state index contributed by atoms with van der Waals surface area (Å²) in [6, 6.07) is 26.7. The minimum absolute atomic E-state index is 0.545. The van der Waals surface area contributed by atoms with Crippen LogP contribution in [0, 0.1) is 0 Å². The van der Waals surface area contributed by atoms with Crippen molar-refractivity contribution in [1.29, 1.82) is 0 Å². The maximum Gasteiger partial charge on any atom is 0.0342 e. The molecule has 0 heterocycles. The lowest BCUT2D eigenvalue weighted by Crippen LogP contribution is -2.22. The van der Waals surface area contributed by atoms with Crippen molar-refractivity contribution in [1.82, 2.24) is 0 Å². The molecule has 1 fully saturated rings. The van der Waals surface area contributed by atoms with Crippen LogP contribution in [0.5, 0.6) is 0 Å². The van der Waals surface area contributed by atoms with Crippen LogP contribution in [-0.2, 0) is 0 Å². The van der Waals surface area contributed by atoms with Gasteiger partial charge in [0.2, 0.25) is 0 Å². The molecule has 0 spiro atoms. The fourth-order valence-corrected chi connectivity index (χ4v) is 3.72. The van der Waals surface area contributed by atoms with E-state index in [0.29, 0.717) is 12.0 Å². The summed E-state index contributed by atoms with van der Waals surface area (Å²) >= 11 is 0. The number of para-hydroxylation sites is 1. The van der Waals surface area contributed by atoms with Crippen molar-refractivity contribution in [2.45, 2.75) is 31.2 Å². The van der Waals surface area contributed by atoms with Crippen LogP contribution in [0.15, 0.2) is 72.8 Å². The van der Waals surface area contributed by atoms with Crippen molar-refractivity contribution >= 4 is 16.5 Å². The van der Waals surface area contributed by atoms with Gasteiger partial charge in [-0.05, 0) is 41.3 Å². The Kier molecular flexibility index (Phi) is 3.56. The van der Waals surface area contributed by atoms with Crippen molar-refractivity contribution in [2.24, 2.45) is 0 Å². The summed E-state index contributed by atoms with van der Waals surface area (Å²) in [6.07, 6.45) is 3.84. The highest BCUT2D eigenvalue weighted by molar-refractivity contribution is 5.83. The van der Waals surface area contributed by atoms with E-state index in [-0.39, 0.29) is 0 Å². The van der Waals surface area contributed by atoms with Crippen LogP contribution in [-0.4, -0.2) is 6.04 Å². The predicted octanol–water partition coefficient (Wildman–Crippen LogP) is 5.59. The molecule has 0 saturated heterocycles. The smallest absolute Gasteiger partial charge is 0.0342 e. The minimum atomic E-state index is 0.545. The number of nitrogens with one attached hydrogen (secondary N) is 1. The van der Waals surface area contributed by atoms with Gasteiger partial charge in [0.15, 0.2) is 0 Å². The van der Waals surface area contributed by atoms with Gasteiger partial charge in [0.1, 0.15) is 0 Å². The lowest BCUT2D eigenvalue weighted by molar-refractivity contribution is 0.651. The normalized spacial score (nSPS) is 21.1. The number of benzene rings is 3. The molecule has 0 aromatic heterocycles. The van der Waals surface area contributed by atoms with Gasteiger partial charge in [0.25, 0.3) is 0 Å². The zero-order valence-electron chi connectivity index (χ0n) is 12.7. The molecule has 2 unspecified atom stereocenters. The number of hydrogen-bond acceptors (Lipinski definition) is 1. The predicted molar refractivity (Wildman–Crippen MR) is 94.4 cm³/mol. The Labute approximate surface area is 132 Å². The molecule has 1 N–H and O–H groups in total. The second-order valence-corrected chi connectivity index (χ2v) is 6.26. The van der Waals surface area contributed by atoms with Crippen LogP contribution >= 0.6 is 0 Å². The van der Waals surface area contributed by atoms with Gasteiger partial charge in [-0.3, -0.25) is 0 Å². The Morgan fingerprint density at radius 2 is 1.50 bits per heavy atom. The molecule has 2 atom stereocenters. The summed E-state index contributed by atoms with van der Waals surface area (Å²) < 4.78 is 0. The van der Waals surface area contributed by atoms with Crippen molar-refractivity contribution in [3.05, 3.63) is 78.4 Å². The Hall–Kier alpha value is -2.28. The zero-order valence-corrected chi connectivity index (χ0v) is 12.7. The molecule has 1 aliphatic rings. The summed E-state index contributed by atoms with van der Waals surface area (Å²) in [5.74, 6) is 0.616. The van der Waals surface area contributed by atoms with Crippen molar-refractivity contribution in [2.75, 3.05) is 5.32 Å². The van der Waals surface area contributed by atoms with E-state index < -0.39 is 0 Å². The summed E-state index contributed by atoms with van der Waals surface area (Å²) in [5.41, 5.74) is 2.71. The monoisotopic (exact) mass is 287 g/mol. The van der Waals surface area contributed by atoms with Gasteiger partial charge in [-0.2, -0.15) is 0 Å². The zero-order chi connectivity index (χ0) is 14.8. The van der Waals surface area contributed by atoms with E-state index in [9.17, 15) is 0 Å². The Bertz CT molecular complexity index is 763. The van der Waals surface area contributed by atoms with Gasteiger partial charge in [0, 0.05) is 17.6 Å². The first kappa shape index (κ1) is 13.4. The molecule has 1 saturated carbocycles. The molecule has 0 radical (unpaired) electrons. The van der Waals surface area contributed by atoms with Crippen molar-refractivity contribution in [3.8, 4) is 0 Å². The maximum absolute atomic E-state index is 3.74. The van der Waals surface area contributed by atoms with E-state index in [1.54, 1.807) is 0 Å². The molecule has 1 aliphatic carbocycles. The molecule has 22 heavy (non-hydrogen) atoms. The topological polar surface area (TPSA) is 12.0 Å². The van der Waals surface area contributed by atoms with E-state index >= 15 is 0 Å². The van der Waals surface area contributed by atoms with Crippen LogP contribution in [0.2, 0.25) is 0 Å². The highest BCUT2D eigenvalue weighted by Gasteiger charge is 2.28. The van der Waals surface area contributed by atoms with Crippen LogP contribution in [0.1, 0.15) is 30.7 Å². The molecule has 0 aliphatic heterocycles. The van der Waals surface area contributed by atoms with Gasteiger partial charge in [-0.1, -0.05) is 67.1 Å². The molecule has 3 aromatic carbocycles. The van der Waals surface area contributed by atoms with Gasteiger partial charge in [-0.25, -0.2) is 0 Å². The number of fused-ring (bicyclic) bond motifs is 1. The standard InChI is InChI=1S/C21H21N/c1-2-9-19(10-3-1)22-21-12-6-11-20(21)18-14-13-16-7-4-5-8-17(16)15-18/h1-5,7-10,13-15,20-22H,6,11-12H2. The molecule has 3 aromatic rings. The Morgan fingerprint density at radius 3 is 2.36 bits per heavy atom. The molecular weight excluding hydrogens is 266 g/mol. The van der Waals surface area contributed by atoms with Crippen molar-refractivity contribution in [3.63, 3.8) is 0 Å². The number of rotatable bonds is 3. The third-order valence-corrected chi connectivity index (χ3v) is 4.84. The van der Waals surface area contributed by atoms with Gasteiger partial charge < -0.3 is 5.32 Å². The average molecular weight is 287 g/mol.